The van der Waals surface area contributed by atoms with Crippen molar-refractivity contribution >= 4 is 5.96 Å². The zero-order valence-electron chi connectivity index (χ0n) is 6.75. The summed E-state index contributed by atoms with van der Waals surface area (Å²) in [4.78, 5) is 4.08. The van der Waals surface area contributed by atoms with E-state index in [-0.39, 0.29) is 5.96 Å². The maximum Gasteiger partial charge on any atom is 0.213 e. The molecule has 1 rings (SSSR count). The van der Waals surface area contributed by atoms with E-state index in [0.717, 1.165) is 18.8 Å². The first-order chi connectivity index (χ1) is 5.22. The van der Waals surface area contributed by atoms with E-state index in [9.17, 15) is 0 Å². The van der Waals surface area contributed by atoms with Crippen LogP contribution in [0.4, 0.5) is 0 Å². The highest BCUT2D eigenvalue weighted by atomic mass is 16.5. The summed E-state index contributed by atoms with van der Waals surface area (Å²) in [5.41, 5.74) is 7.12. The SMILES string of the molecule is CC1CCC(N=C(N)NO)C1. The van der Waals surface area contributed by atoms with Crippen molar-refractivity contribution in [3.05, 3.63) is 0 Å². The van der Waals surface area contributed by atoms with Crippen LogP contribution in [-0.4, -0.2) is 17.2 Å². The van der Waals surface area contributed by atoms with Crippen molar-refractivity contribution in [1.82, 2.24) is 5.48 Å². The molecule has 0 aromatic heterocycles. The Bertz CT molecular complexity index is 158. The van der Waals surface area contributed by atoms with E-state index in [1.165, 1.54) is 6.42 Å². The van der Waals surface area contributed by atoms with E-state index >= 15 is 0 Å². The molecule has 4 nitrogen and oxygen atoms in total. The molecular formula is C7H15N3O. The molecule has 1 fully saturated rings. The molecule has 0 aromatic rings. The lowest BCUT2D eigenvalue weighted by Crippen LogP contribution is -2.29. The molecule has 4 N–H and O–H groups in total. The fourth-order valence-electron chi connectivity index (χ4n) is 1.52. The zero-order valence-corrected chi connectivity index (χ0v) is 6.75. The summed E-state index contributed by atoms with van der Waals surface area (Å²) in [6, 6.07) is 0.310. The first-order valence-electron chi connectivity index (χ1n) is 3.95. The van der Waals surface area contributed by atoms with Gasteiger partial charge < -0.3 is 5.73 Å². The Kier molecular flexibility index (Phi) is 2.70. The van der Waals surface area contributed by atoms with Gasteiger partial charge in [-0.05, 0) is 25.2 Å². The molecule has 0 saturated heterocycles. The zero-order chi connectivity index (χ0) is 8.27. The third-order valence-electron chi connectivity index (χ3n) is 2.10. The topological polar surface area (TPSA) is 70.6 Å². The summed E-state index contributed by atoms with van der Waals surface area (Å²) in [7, 11) is 0. The van der Waals surface area contributed by atoms with Crippen molar-refractivity contribution in [2.75, 3.05) is 0 Å². The average molecular weight is 157 g/mol. The smallest absolute Gasteiger partial charge is 0.213 e. The minimum atomic E-state index is 0.129. The van der Waals surface area contributed by atoms with Crippen molar-refractivity contribution in [1.29, 1.82) is 0 Å². The van der Waals surface area contributed by atoms with E-state index in [1.54, 1.807) is 0 Å². The number of hydrogen-bond donors (Lipinski definition) is 3. The number of nitrogens with two attached hydrogens (primary N) is 1. The van der Waals surface area contributed by atoms with Crippen molar-refractivity contribution in [3.63, 3.8) is 0 Å². The fraction of sp³-hybridized carbons (Fsp3) is 0.857. The van der Waals surface area contributed by atoms with Gasteiger partial charge in [0.15, 0.2) is 0 Å². The number of nitrogens with zero attached hydrogens (tertiary/aromatic N) is 1. The number of rotatable bonds is 1. The highest BCUT2D eigenvalue weighted by Crippen LogP contribution is 2.26. The lowest BCUT2D eigenvalue weighted by atomic mass is 10.1. The van der Waals surface area contributed by atoms with Gasteiger partial charge in [-0.15, -0.1) is 0 Å². The molecule has 0 spiro atoms. The maximum atomic E-state index is 8.36. The molecule has 2 atom stereocenters. The predicted molar refractivity (Wildman–Crippen MR) is 43.3 cm³/mol. The van der Waals surface area contributed by atoms with Crippen LogP contribution in [-0.2, 0) is 0 Å². The standard InChI is InChI=1S/C7H15N3O/c1-5-2-3-6(4-5)9-7(8)10-11/h5-6,11H,2-4H2,1H3,(H3,8,9,10). The largest absolute Gasteiger partial charge is 0.368 e. The van der Waals surface area contributed by atoms with Crippen LogP contribution in [0.5, 0.6) is 0 Å². The van der Waals surface area contributed by atoms with Gasteiger partial charge in [-0.2, -0.15) is 0 Å². The molecule has 2 unspecified atom stereocenters. The van der Waals surface area contributed by atoms with Crippen LogP contribution in [0.1, 0.15) is 26.2 Å². The molecule has 0 aromatic carbocycles. The molecule has 11 heavy (non-hydrogen) atoms. The molecule has 0 heterocycles. The molecule has 0 aliphatic heterocycles. The van der Waals surface area contributed by atoms with Gasteiger partial charge in [0, 0.05) is 0 Å². The predicted octanol–water partition coefficient (Wildman–Crippen LogP) is 0.469. The Morgan fingerprint density at radius 3 is 2.82 bits per heavy atom. The molecule has 0 amide bonds. The van der Waals surface area contributed by atoms with E-state index < -0.39 is 0 Å². The van der Waals surface area contributed by atoms with Gasteiger partial charge >= 0.3 is 0 Å². The summed E-state index contributed by atoms with van der Waals surface area (Å²) in [6.45, 7) is 2.21. The number of hydrogen-bond acceptors (Lipinski definition) is 2. The van der Waals surface area contributed by atoms with Gasteiger partial charge in [0.2, 0.25) is 5.96 Å². The summed E-state index contributed by atoms with van der Waals surface area (Å²) >= 11 is 0. The number of guanidine groups is 1. The summed E-state index contributed by atoms with van der Waals surface area (Å²) in [6.07, 6.45) is 3.39. The Morgan fingerprint density at radius 1 is 1.64 bits per heavy atom. The van der Waals surface area contributed by atoms with Gasteiger partial charge in [-0.25, -0.2) is 10.5 Å². The monoisotopic (exact) mass is 157 g/mol. The Labute approximate surface area is 66.5 Å². The highest BCUT2D eigenvalue weighted by molar-refractivity contribution is 5.76. The van der Waals surface area contributed by atoms with E-state index in [1.807, 2.05) is 5.48 Å². The number of nitrogens with one attached hydrogen (secondary N) is 1. The van der Waals surface area contributed by atoms with Crippen LogP contribution in [0.15, 0.2) is 4.99 Å². The van der Waals surface area contributed by atoms with Crippen LogP contribution in [0.2, 0.25) is 0 Å². The molecule has 0 bridgehead atoms. The minimum absolute atomic E-state index is 0.129. The number of aliphatic imine (C=N–C) groups is 1. The van der Waals surface area contributed by atoms with E-state index in [0.29, 0.717) is 6.04 Å². The summed E-state index contributed by atoms with van der Waals surface area (Å²) in [5, 5.41) is 8.36. The average Bonchev–Trinajstić information content (AvgIpc) is 2.35. The van der Waals surface area contributed by atoms with Gasteiger partial charge in [0.05, 0.1) is 6.04 Å². The Morgan fingerprint density at radius 2 is 2.36 bits per heavy atom. The fourth-order valence-corrected chi connectivity index (χ4v) is 1.52. The molecule has 1 aliphatic carbocycles. The van der Waals surface area contributed by atoms with Crippen LogP contribution in [0.25, 0.3) is 0 Å². The van der Waals surface area contributed by atoms with Crippen LogP contribution in [0.3, 0.4) is 0 Å². The van der Waals surface area contributed by atoms with Gasteiger partial charge in [0.25, 0.3) is 0 Å². The van der Waals surface area contributed by atoms with Crippen molar-refractivity contribution < 1.29 is 5.21 Å². The first kappa shape index (κ1) is 8.33. The lowest BCUT2D eigenvalue weighted by Gasteiger charge is -2.03. The molecule has 1 aliphatic rings. The summed E-state index contributed by atoms with van der Waals surface area (Å²) < 4.78 is 0. The third kappa shape index (κ3) is 2.38. The van der Waals surface area contributed by atoms with Crippen molar-refractivity contribution in [2.45, 2.75) is 32.2 Å². The molecule has 1 saturated carbocycles. The van der Waals surface area contributed by atoms with E-state index in [4.69, 9.17) is 10.9 Å². The normalized spacial score (nSPS) is 32.4. The lowest BCUT2D eigenvalue weighted by molar-refractivity contribution is 0.232. The van der Waals surface area contributed by atoms with Crippen molar-refractivity contribution in [2.24, 2.45) is 16.6 Å². The van der Waals surface area contributed by atoms with E-state index in [2.05, 4.69) is 11.9 Å². The van der Waals surface area contributed by atoms with Gasteiger partial charge in [-0.3, -0.25) is 5.21 Å². The molecule has 4 heteroatoms. The van der Waals surface area contributed by atoms with Crippen LogP contribution < -0.4 is 11.2 Å². The summed E-state index contributed by atoms with van der Waals surface area (Å²) in [5.74, 6) is 0.874. The third-order valence-corrected chi connectivity index (χ3v) is 2.10. The van der Waals surface area contributed by atoms with Gasteiger partial charge in [-0.1, -0.05) is 6.92 Å². The number of hydroxylamine groups is 1. The molecule has 64 valence electrons. The van der Waals surface area contributed by atoms with Crippen LogP contribution >= 0.6 is 0 Å². The maximum absolute atomic E-state index is 8.36. The quantitative estimate of drug-likeness (QED) is 0.294. The van der Waals surface area contributed by atoms with Gasteiger partial charge in [0.1, 0.15) is 0 Å². The minimum Gasteiger partial charge on any atom is -0.368 e. The Balaban J connectivity index is 2.38. The second-order valence-electron chi connectivity index (χ2n) is 3.20. The second kappa shape index (κ2) is 3.57. The first-order valence-corrected chi connectivity index (χ1v) is 3.95. The molecule has 0 radical (unpaired) electrons. The molecular weight excluding hydrogens is 142 g/mol. The Hall–Kier alpha value is -0.770. The van der Waals surface area contributed by atoms with Crippen LogP contribution in [0, 0.1) is 5.92 Å². The van der Waals surface area contributed by atoms with Crippen molar-refractivity contribution in [3.8, 4) is 0 Å². The second-order valence-corrected chi connectivity index (χ2v) is 3.20. The highest BCUT2D eigenvalue weighted by Gasteiger charge is 2.20.